The van der Waals surface area contributed by atoms with Crippen LogP contribution in [0.4, 0.5) is 19.1 Å². The Bertz CT molecular complexity index is 796. The maximum Gasteiger partial charge on any atom is 0.390 e. The van der Waals surface area contributed by atoms with Gasteiger partial charge in [-0.3, -0.25) is 10.1 Å². The predicted octanol–water partition coefficient (Wildman–Crippen LogP) is 4.02. The third-order valence-electron chi connectivity index (χ3n) is 4.17. The van der Waals surface area contributed by atoms with Gasteiger partial charge < -0.3 is 9.84 Å². The average molecular weight is 404 g/mol. The molecule has 2 heterocycles. The predicted molar refractivity (Wildman–Crippen MR) is 96.9 cm³/mol. The van der Waals surface area contributed by atoms with Gasteiger partial charge in [-0.05, 0) is 34.6 Å². The molecule has 150 valence electrons. The van der Waals surface area contributed by atoms with Crippen molar-refractivity contribution in [3.05, 3.63) is 27.8 Å². The Balaban J connectivity index is 2.03. The van der Waals surface area contributed by atoms with Crippen LogP contribution in [0, 0.1) is 6.92 Å². The molecule has 2 N–H and O–H groups in total. The Morgan fingerprint density at radius 2 is 1.93 bits per heavy atom. The lowest BCUT2D eigenvalue weighted by atomic mass is 9.88. The van der Waals surface area contributed by atoms with E-state index in [1.807, 2.05) is 20.8 Å². The van der Waals surface area contributed by atoms with E-state index in [0.717, 1.165) is 9.88 Å². The quantitative estimate of drug-likeness (QED) is 0.729. The van der Waals surface area contributed by atoms with Crippen molar-refractivity contribution in [3.8, 4) is 0 Å². The molecule has 0 bridgehead atoms. The fourth-order valence-electron chi connectivity index (χ4n) is 2.27. The van der Waals surface area contributed by atoms with Gasteiger partial charge in [0.05, 0.1) is 22.7 Å². The number of anilines is 1. The molecule has 10 heteroatoms. The summed E-state index contributed by atoms with van der Waals surface area (Å²) in [7, 11) is 0. The van der Waals surface area contributed by atoms with Crippen molar-refractivity contribution in [2.45, 2.75) is 58.2 Å². The summed E-state index contributed by atoms with van der Waals surface area (Å²) in [6.07, 6.45) is -3.51. The van der Waals surface area contributed by atoms with Gasteiger partial charge in [-0.25, -0.2) is 4.98 Å². The van der Waals surface area contributed by atoms with Crippen molar-refractivity contribution in [2.75, 3.05) is 11.9 Å². The molecule has 2 aromatic heterocycles. The van der Waals surface area contributed by atoms with Crippen molar-refractivity contribution in [3.63, 3.8) is 0 Å². The van der Waals surface area contributed by atoms with Gasteiger partial charge in [0.15, 0.2) is 0 Å². The van der Waals surface area contributed by atoms with E-state index in [0.29, 0.717) is 5.69 Å². The summed E-state index contributed by atoms with van der Waals surface area (Å²) in [6, 6.07) is 1.61. The molecule has 0 aliphatic heterocycles. The Morgan fingerprint density at radius 1 is 1.26 bits per heavy atom. The minimum atomic E-state index is -4.28. The second kappa shape index (κ2) is 7.59. The Hall–Kier alpha value is -1.94. The SMILES string of the molecule is Cc1ncc(C(C)(C)c2cc(NC(=O)C(C)(C)NCCC(F)(F)F)on2)s1. The van der Waals surface area contributed by atoms with E-state index in [2.05, 4.69) is 20.8 Å². The smallest absolute Gasteiger partial charge is 0.338 e. The highest BCUT2D eigenvalue weighted by molar-refractivity contribution is 7.11. The number of carbonyl (C=O) groups excluding carboxylic acids is 1. The van der Waals surface area contributed by atoms with Gasteiger partial charge in [-0.2, -0.15) is 13.2 Å². The first-order valence-corrected chi connectivity index (χ1v) is 9.16. The fraction of sp³-hybridized carbons (Fsp3) is 0.588. The second-order valence-electron chi connectivity index (χ2n) is 7.32. The van der Waals surface area contributed by atoms with Crippen LogP contribution in [0.3, 0.4) is 0 Å². The third-order valence-corrected chi connectivity index (χ3v) is 5.40. The van der Waals surface area contributed by atoms with Crippen molar-refractivity contribution in [1.29, 1.82) is 0 Å². The fourth-order valence-corrected chi connectivity index (χ4v) is 3.16. The number of halogens is 3. The molecule has 0 fully saturated rings. The Kier molecular flexibility index (Phi) is 6.00. The summed E-state index contributed by atoms with van der Waals surface area (Å²) in [5.41, 5.74) is -1.05. The largest absolute Gasteiger partial charge is 0.390 e. The number of hydrogen-bond donors (Lipinski definition) is 2. The first kappa shape index (κ1) is 21.4. The summed E-state index contributed by atoms with van der Waals surface area (Å²) in [6.45, 7) is 8.48. The third kappa shape index (κ3) is 5.52. The molecule has 27 heavy (non-hydrogen) atoms. The topological polar surface area (TPSA) is 80.0 Å². The van der Waals surface area contributed by atoms with E-state index in [-0.39, 0.29) is 12.4 Å². The molecule has 0 aliphatic rings. The second-order valence-corrected chi connectivity index (χ2v) is 8.55. The molecule has 0 unspecified atom stereocenters. The van der Waals surface area contributed by atoms with Crippen LogP contribution in [0.5, 0.6) is 0 Å². The number of nitrogens with one attached hydrogen (secondary N) is 2. The van der Waals surface area contributed by atoms with Crippen molar-refractivity contribution >= 4 is 23.1 Å². The zero-order chi connectivity index (χ0) is 20.5. The number of nitrogens with zero attached hydrogens (tertiary/aromatic N) is 2. The maximum atomic E-state index is 12.4. The molecule has 2 rings (SSSR count). The number of hydrogen-bond acceptors (Lipinski definition) is 6. The highest BCUT2D eigenvalue weighted by Gasteiger charge is 2.33. The molecule has 0 saturated carbocycles. The molecule has 0 radical (unpaired) electrons. The Labute approximate surface area is 159 Å². The highest BCUT2D eigenvalue weighted by atomic mass is 32.1. The first-order valence-electron chi connectivity index (χ1n) is 8.34. The number of aromatic nitrogens is 2. The van der Waals surface area contributed by atoms with E-state index < -0.39 is 29.5 Å². The average Bonchev–Trinajstić information content (AvgIpc) is 3.15. The Morgan fingerprint density at radius 3 is 2.48 bits per heavy atom. The van der Waals surface area contributed by atoms with E-state index in [1.54, 1.807) is 23.6 Å². The lowest BCUT2D eigenvalue weighted by Gasteiger charge is -2.24. The zero-order valence-corrected chi connectivity index (χ0v) is 16.6. The summed E-state index contributed by atoms with van der Waals surface area (Å²) in [5, 5.41) is 10.1. The van der Waals surface area contributed by atoms with Crippen LogP contribution in [-0.4, -0.2) is 34.3 Å². The number of rotatable bonds is 7. The maximum absolute atomic E-state index is 12.4. The molecule has 0 spiro atoms. The number of aryl methyl sites for hydroxylation is 1. The van der Waals surface area contributed by atoms with Crippen LogP contribution in [0.25, 0.3) is 0 Å². The number of alkyl halides is 3. The van der Waals surface area contributed by atoms with Gasteiger partial charge in [0.25, 0.3) is 0 Å². The van der Waals surface area contributed by atoms with E-state index >= 15 is 0 Å². The summed E-state index contributed by atoms with van der Waals surface area (Å²) < 4.78 is 42.0. The molecule has 6 nitrogen and oxygen atoms in total. The molecule has 0 aliphatic carbocycles. The molecule has 0 aromatic carbocycles. The van der Waals surface area contributed by atoms with Crippen molar-refractivity contribution in [1.82, 2.24) is 15.5 Å². The lowest BCUT2D eigenvalue weighted by molar-refractivity contribution is -0.135. The lowest BCUT2D eigenvalue weighted by Crippen LogP contribution is -2.50. The molecule has 0 saturated heterocycles. The number of thiazole rings is 1. The molecule has 2 aromatic rings. The minimum absolute atomic E-state index is 0.134. The van der Waals surface area contributed by atoms with Crippen LogP contribution in [0.2, 0.25) is 0 Å². The molecule has 1 amide bonds. The summed E-state index contributed by atoms with van der Waals surface area (Å²) in [4.78, 5) is 17.6. The van der Waals surface area contributed by atoms with Gasteiger partial charge >= 0.3 is 6.18 Å². The minimum Gasteiger partial charge on any atom is -0.338 e. The first-order chi connectivity index (χ1) is 12.3. The van der Waals surface area contributed by atoms with Gasteiger partial charge in [0.2, 0.25) is 11.8 Å². The molecular weight excluding hydrogens is 381 g/mol. The van der Waals surface area contributed by atoms with Crippen molar-refractivity contribution in [2.24, 2.45) is 0 Å². The molecule has 0 atom stereocenters. The molecular formula is C17H23F3N4O2S. The zero-order valence-electron chi connectivity index (χ0n) is 15.8. The van der Waals surface area contributed by atoms with E-state index in [1.165, 1.54) is 13.8 Å². The normalized spacial score (nSPS) is 13.0. The van der Waals surface area contributed by atoms with Crippen LogP contribution in [-0.2, 0) is 10.2 Å². The highest BCUT2D eigenvalue weighted by Crippen LogP contribution is 2.35. The van der Waals surface area contributed by atoms with Crippen LogP contribution in [0.15, 0.2) is 16.8 Å². The van der Waals surface area contributed by atoms with Gasteiger partial charge in [-0.15, -0.1) is 11.3 Å². The van der Waals surface area contributed by atoms with Gasteiger partial charge in [0.1, 0.15) is 0 Å². The van der Waals surface area contributed by atoms with Gasteiger partial charge in [0, 0.05) is 29.1 Å². The monoisotopic (exact) mass is 404 g/mol. The van der Waals surface area contributed by atoms with Crippen LogP contribution in [0.1, 0.15) is 49.7 Å². The standard InChI is InChI=1S/C17H23F3N4O2S/c1-10-21-9-12(27-10)15(2,3)11-8-13(26-24-11)23-14(25)16(4,5)22-7-6-17(18,19)20/h8-9,22H,6-7H2,1-5H3,(H,23,25). The van der Waals surface area contributed by atoms with E-state index in [4.69, 9.17) is 4.52 Å². The van der Waals surface area contributed by atoms with E-state index in [9.17, 15) is 18.0 Å². The van der Waals surface area contributed by atoms with Gasteiger partial charge in [-0.1, -0.05) is 5.16 Å². The van der Waals surface area contributed by atoms with Crippen LogP contribution >= 0.6 is 11.3 Å². The number of carbonyl (C=O) groups is 1. The summed E-state index contributed by atoms with van der Waals surface area (Å²) >= 11 is 1.55. The van der Waals surface area contributed by atoms with Crippen LogP contribution < -0.4 is 10.6 Å². The number of amides is 1. The van der Waals surface area contributed by atoms with Crippen molar-refractivity contribution < 1.29 is 22.5 Å². The summed E-state index contributed by atoms with van der Waals surface area (Å²) in [5.74, 6) is -0.381.